The Morgan fingerprint density at radius 2 is 1.12 bits per heavy atom. The Labute approximate surface area is 199 Å². The van der Waals surface area contributed by atoms with Gasteiger partial charge in [0.15, 0.2) is 0 Å². The van der Waals surface area contributed by atoms with Crippen molar-refractivity contribution in [2.24, 2.45) is 23.2 Å². The van der Waals surface area contributed by atoms with Crippen LogP contribution in [0.1, 0.15) is 77.6 Å². The molecule has 1 spiro atoms. The van der Waals surface area contributed by atoms with E-state index in [4.69, 9.17) is 0 Å². The second-order valence-corrected chi connectivity index (χ2v) is 12.7. The van der Waals surface area contributed by atoms with E-state index in [2.05, 4.69) is 33.6 Å². The van der Waals surface area contributed by atoms with Crippen LogP contribution in [0.2, 0.25) is 0 Å². The molecule has 4 saturated heterocycles. The Hall–Kier alpha value is -0.160. The quantitative estimate of drug-likeness (QED) is 0.602. The fraction of sp³-hybridized carbons (Fsp3) is 1.00. The van der Waals surface area contributed by atoms with E-state index in [1.165, 1.54) is 136 Å². The SMILES string of the molecule is CCC1CCN(C2CC3(CCN(CC4CCN(CC5CCN(C)CC5)CC4)CC3)C2)CC1. The third-order valence-electron chi connectivity index (χ3n) is 10.6. The van der Waals surface area contributed by atoms with Gasteiger partial charge in [0.05, 0.1) is 0 Å². The van der Waals surface area contributed by atoms with E-state index in [-0.39, 0.29) is 0 Å². The molecule has 4 aliphatic heterocycles. The number of hydrogen-bond donors (Lipinski definition) is 0. The molecule has 0 bridgehead atoms. The number of rotatable bonds is 6. The van der Waals surface area contributed by atoms with E-state index in [9.17, 15) is 0 Å². The molecule has 4 nitrogen and oxygen atoms in total. The van der Waals surface area contributed by atoms with Crippen molar-refractivity contribution in [3.8, 4) is 0 Å². The van der Waals surface area contributed by atoms with E-state index < -0.39 is 0 Å². The molecule has 5 aliphatic rings. The van der Waals surface area contributed by atoms with Gasteiger partial charge in [-0.05, 0) is 147 Å². The van der Waals surface area contributed by atoms with Crippen LogP contribution in [0.15, 0.2) is 0 Å². The highest BCUT2D eigenvalue weighted by Gasteiger charge is 2.48. The summed E-state index contributed by atoms with van der Waals surface area (Å²) in [5.41, 5.74) is 0.736. The Morgan fingerprint density at radius 1 is 0.625 bits per heavy atom. The first-order valence-electron chi connectivity index (χ1n) is 14.5. The molecule has 0 atom stereocenters. The molecule has 0 aromatic heterocycles. The van der Waals surface area contributed by atoms with E-state index in [0.29, 0.717) is 0 Å². The van der Waals surface area contributed by atoms with Crippen LogP contribution in [0.3, 0.4) is 0 Å². The zero-order valence-corrected chi connectivity index (χ0v) is 21.4. The zero-order valence-electron chi connectivity index (χ0n) is 21.4. The summed E-state index contributed by atoms with van der Waals surface area (Å²) in [5, 5.41) is 0. The molecule has 0 radical (unpaired) electrons. The predicted octanol–water partition coefficient (Wildman–Crippen LogP) is 4.41. The maximum atomic E-state index is 2.86. The minimum Gasteiger partial charge on any atom is -0.306 e. The van der Waals surface area contributed by atoms with Gasteiger partial charge in [0.2, 0.25) is 0 Å². The van der Waals surface area contributed by atoms with Gasteiger partial charge >= 0.3 is 0 Å². The Balaban J connectivity index is 0.962. The van der Waals surface area contributed by atoms with Crippen LogP contribution in [-0.2, 0) is 0 Å². The molecule has 5 rings (SSSR count). The molecular formula is C28H52N4. The summed E-state index contributed by atoms with van der Waals surface area (Å²) in [6, 6.07) is 0.938. The highest BCUT2D eigenvalue weighted by molar-refractivity contribution is 5.02. The van der Waals surface area contributed by atoms with Gasteiger partial charge < -0.3 is 19.6 Å². The molecule has 5 fully saturated rings. The summed E-state index contributed by atoms with van der Waals surface area (Å²) in [5.74, 6) is 2.95. The first-order valence-corrected chi connectivity index (χ1v) is 14.5. The molecule has 184 valence electrons. The van der Waals surface area contributed by atoms with Gasteiger partial charge in [0.1, 0.15) is 0 Å². The first-order chi connectivity index (χ1) is 15.6. The standard InChI is InChI=1S/C28H52N4/c1-3-24-8-16-32(17-9-24)27-20-28(21-27)10-18-31(19-11-28)23-26-6-14-30(15-7-26)22-25-4-12-29(2)13-5-25/h24-27H,3-23H2,1-2H3. The average Bonchev–Trinajstić information content (AvgIpc) is 2.81. The van der Waals surface area contributed by atoms with Gasteiger partial charge in [-0.3, -0.25) is 0 Å². The van der Waals surface area contributed by atoms with Crippen molar-refractivity contribution in [3.63, 3.8) is 0 Å². The molecule has 0 amide bonds. The smallest absolute Gasteiger partial charge is 0.0106 e. The highest BCUT2D eigenvalue weighted by Crippen LogP contribution is 2.51. The van der Waals surface area contributed by atoms with Crippen LogP contribution in [-0.4, -0.2) is 98.1 Å². The Kier molecular flexibility index (Phi) is 7.83. The van der Waals surface area contributed by atoms with Gasteiger partial charge in [-0.2, -0.15) is 0 Å². The fourth-order valence-corrected chi connectivity index (χ4v) is 7.87. The van der Waals surface area contributed by atoms with Gasteiger partial charge in [-0.15, -0.1) is 0 Å². The Bertz CT molecular complexity index is 554. The minimum atomic E-state index is 0.736. The van der Waals surface area contributed by atoms with Crippen LogP contribution in [0.5, 0.6) is 0 Å². The van der Waals surface area contributed by atoms with Crippen LogP contribution in [0, 0.1) is 23.2 Å². The van der Waals surface area contributed by atoms with Crippen molar-refractivity contribution < 1.29 is 0 Å². The van der Waals surface area contributed by atoms with Gasteiger partial charge in [0, 0.05) is 19.1 Å². The zero-order chi connectivity index (χ0) is 22.0. The Morgan fingerprint density at radius 3 is 1.69 bits per heavy atom. The lowest BCUT2D eigenvalue weighted by Gasteiger charge is -2.56. The summed E-state index contributed by atoms with van der Waals surface area (Å²) in [6.45, 7) is 16.1. The minimum absolute atomic E-state index is 0.736. The third-order valence-corrected chi connectivity index (χ3v) is 10.6. The molecule has 4 heteroatoms. The largest absolute Gasteiger partial charge is 0.306 e. The second kappa shape index (κ2) is 10.6. The first kappa shape index (κ1) is 23.6. The molecule has 0 N–H and O–H groups in total. The molecule has 1 aliphatic carbocycles. The molecule has 1 saturated carbocycles. The molecular weight excluding hydrogens is 392 g/mol. The highest BCUT2D eigenvalue weighted by atomic mass is 15.2. The summed E-state index contributed by atoms with van der Waals surface area (Å²) in [4.78, 5) is 11.0. The van der Waals surface area contributed by atoms with Crippen molar-refractivity contribution in [1.29, 1.82) is 0 Å². The second-order valence-electron chi connectivity index (χ2n) is 12.7. The number of likely N-dealkylation sites (tertiary alicyclic amines) is 4. The van der Waals surface area contributed by atoms with Crippen LogP contribution in [0.25, 0.3) is 0 Å². The van der Waals surface area contributed by atoms with Crippen LogP contribution >= 0.6 is 0 Å². The predicted molar refractivity (Wildman–Crippen MR) is 135 cm³/mol. The molecule has 32 heavy (non-hydrogen) atoms. The lowest BCUT2D eigenvalue weighted by atomic mass is 9.59. The lowest BCUT2D eigenvalue weighted by Crippen LogP contribution is -2.56. The third kappa shape index (κ3) is 5.73. The maximum absolute atomic E-state index is 2.86. The molecule has 0 unspecified atom stereocenters. The van der Waals surface area contributed by atoms with Crippen LogP contribution in [0.4, 0.5) is 0 Å². The summed E-state index contributed by atoms with van der Waals surface area (Å²) >= 11 is 0. The summed E-state index contributed by atoms with van der Waals surface area (Å²) < 4.78 is 0. The van der Waals surface area contributed by atoms with Crippen molar-refractivity contribution in [3.05, 3.63) is 0 Å². The van der Waals surface area contributed by atoms with Crippen molar-refractivity contribution in [2.75, 3.05) is 72.5 Å². The summed E-state index contributed by atoms with van der Waals surface area (Å²) in [7, 11) is 2.28. The van der Waals surface area contributed by atoms with E-state index >= 15 is 0 Å². The molecule has 0 aromatic rings. The average molecular weight is 445 g/mol. The lowest BCUT2D eigenvalue weighted by molar-refractivity contribution is -0.0546. The number of piperidine rings is 4. The summed E-state index contributed by atoms with van der Waals surface area (Å²) in [6.07, 6.45) is 16.1. The normalized spacial score (nSPS) is 31.3. The monoisotopic (exact) mass is 444 g/mol. The van der Waals surface area contributed by atoms with Crippen LogP contribution < -0.4 is 0 Å². The number of hydrogen-bond acceptors (Lipinski definition) is 4. The van der Waals surface area contributed by atoms with Crippen molar-refractivity contribution >= 4 is 0 Å². The van der Waals surface area contributed by atoms with Crippen molar-refractivity contribution in [1.82, 2.24) is 19.6 Å². The van der Waals surface area contributed by atoms with Gasteiger partial charge in [-0.25, -0.2) is 0 Å². The van der Waals surface area contributed by atoms with Crippen molar-refractivity contribution in [2.45, 2.75) is 83.6 Å². The van der Waals surface area contributed by atoms with E-state index in [1.807, 2.05) is 0 Å². The molecule has 4 heterocycles. The topological polar surface area (TPSA) is 13.0 Å². The molecule has 0 aromatic carbocycles. The number of nitrogens with zero attached hydrogens (tertiary/aromatic N) is 4. The van der Waals surface area contributed by atoms with Gasteiger partial charge in [-0.1, -0.05) is 13.3 Å². The maximum Gasteiger partial charge on any atom is 0.0106 e. The van der Waals surface area contributed by atoms with Gasteiger partial charge in [0.25, 0.3) is 0 Å². The van der Waals surface area contributed by atoms with E-state index in [0.717, 1.165) is 29.2 Å². The fourth-order valence-electron chi connectivity index (χ4n) is 7.87. The van der Waals surface area contributed by atoms with E-state index in [1.54, 1.807) is 0 Å².